The number of anilines is 1. The van der Waals surface area contributed by atoms with E-state index in [0.717, 1.165) is 15.6 Å². The summed E-state index contributed by atoms with van der Waals surface area (Å²) in [5.74, 6) is 1.26. The SMILES string of the molecule is Cc1c(N)cc(Br)cc1-c1nnnn1-c1ccn(C)n1. The van der Waals surface area contributed by atoms with E-state index in [2.05, 4.69) is 36.6 Å². The summed E-state index contributed by atoms with van der Waals surface area (Å²) in [6, 6.07) is 5.64. The van der Waals surface area contributed by atoms with Gasteiger partial charge in [-0.3, -0.25) is 4.68 Å². The minimum atomic E-state index is 0.606. The van der Waals surface area contributed by atoms with Gasteiger partial charge in [-0.25, -0.2) is 0 Å². The first-order valence-electron chi connectivity index (χ1n) is 5.90. The predicted molar refractivity (Wildman–Crippen MR) is 78.2 cm³/mol. The fourth-order valence-electron chi connectivity index (χ4n) is 1.96. The van der Waals surface area contributed by atoms with E-state index in [9.17, 15) is 0 Å². The Morgan fingerprint density at radius 2 is 2.10 bits per heavy atom. The molecule has 0 atom stereocenters. The van der Waals surface area contributed by atoms with Crippen LogP contribution in [0.3, 0.4) is 0 Å². The van der Waals surface area contributed by atoms with Crippen LogP contribution >= 0.6 is 15.9 Å². The number of benzene rings is 1. The summed E-state index contributed by atoms with van der Waals surface area (Å²) in [6.45, 7) is 1.94. The summed E-state index contributed by atoms with van der Waals surface area (Å²) in [5, 5.41) is 16.1. The van der Waals surface area contributed by atoms with Crippen LogP contribution in [0, 0.1) is 6.92 Å². The highest BCUT2D eigenvalue weighted by atomic mass is 79.9. The van der Waals surface area contributed by atoms with E-state index in [1.807, 2.05) is 38.4 Å². The number of aryl methyl sites for hydroxylation is 1. The van der Waals surface area contributed by atoms with Gasteiger partial charge in [0.2, 0.25) is 0 Å². The topological polar surface area (TPSA) is 87.4 Å². The second kappa shape index (κ2) is 4.71. The van der Waals surface area contributed by atoms with Crippen LogP contribution in [-0.2, 0) is 7.05 Å². The Bertz CT molecular complexity index is 774. The molecule has 0 saturated carbocycles. The molecule has 0 bridgehead atoms. The van der Waals surface area contributed by atoms with E-state index in [1.54, 1.807) is 9.36 Å². The van der Waals surface area contributed by atoms with Crippen LogP contribution in [0.4, 0.5) is 5.69 Å². The molecule has 20 heavy (non-hydrogen) atoms. The molecule has 0 aliphatic carbocycles. The molecule has 0 aliphatic rings. The molecule has 2 heterocycles. The maximum absolute atomic E-state index is 5.99. The smallest absolute Gasteiger partial charge is 0.189 e. The Kier molecular flexibility index (Phi) is 3.01. The second-order valence-corrected chi connectivity index (χ2v) is 5.35. The lowest BCUT2D eigenvalue weighted by Gasteiger charge is -2.08. The highest BCUT2D eigenvalue weighted by molar-refractivity contribution is 9.10. The van der Waals surface area contributed by atoms with E-state index >= 15 is 0 Å². The average Bonchev–Trinajstić information content (AvgIpc) is 3.01. The number of nitrogen functional groups attached to an aromatic ring is 1. The number of rotatable bonds is 2. The van der Waals surface area contributed by atoms with E-state index in [1.165, 1.54) is 0 Å². The van der Waals surface area contributed by atoms with Crippen molar-refractivity contribution in [2.75, 3.05) is 5.73 Å². The van der Waals surface area contributed by atoms with Gasteiger partial charge >= 0.3 is 0 Å². The Labute approximate surface area is 123 Å². The van der Waals surface area contributed by atoms with E-state index in [4.69, 9.17) is 5.73 Å². The van der Waals surface area contributed by atoms with Crippen LogP contribution in [0.1, 0.15) is 5.56 Å². The fraction of sp³-hybridized carbons (Fsp3) is 0.167. The number of hydrogen-bond acceptors (Lipinski definition) is 5. The Balaban J connectivity index is 2.20. The van der Waals surface area contributed by atoms with Gasteiger partial charge in [-0.2, -0.15) is 9.78 Å². The summed E-state index contributed by atoms with van der Waals surface area (Å²) in [4.78, 5) is 0. The Morgan fingerprint density at radius 1 is 1.30 bits per heavy atom. The number of hydrogen-bond donors (Lipinski definition) is 1. The van der Waals surface area contributed by atoms with Gasteiger partial charge in [0.25, 0.3) is 0 Å². The van der Waals surface area contributed by atoms with Gasteiger partial charge in [0, 0.05) is 35.0 Å². The minimum absolute atomic E-state index is 0.606. The van der Waals surface area contributed by atoms with Crippen molar-refractivity contribution in [1.82, 2.24) is 30.0 Å². The second-order valence-electron chi connectivity index (χ2n) is 4.43. The zero-order chi connectivity index (χ0) is 14.3. The van der Waals surface area contributed by atoms with Gasteiger partial charge in [0.15, 0.2) is 11.6 Å². The first-order valence-corrected chi connectivity index (χ1v) is 6.70. The van der Waals surface area contributed by atoms with Crippen molar-refractivity contribution in [3.8, 4) is 17.2 Å². The van der Waals surface area contributed by atoms with E-state index in [-0.39, 0.29) is 0 Å². The fourth-order valence-corrected chi connectivity index (χ4v) is 2.43. The van der Waals surface area contributed by atoms with Crippen molar-refractivity contribution >= 4 is 21.6 Å². The van der Waals surface area contributed by atoms with Crippen molar-refractivity contribution in [3.05, 3.63) is 34.4 Å². The molecule has 0 spiro atoms. The van der Waals surface area contributed by atoms with Crippen molar-refractivity contribution in [2.45, 2.75) is 6.92 Å². The van der Waals surface area contributed by atoms with E-state index < -0.39 is 0 Å². The van der Waals surface area contributed by atoms with Gasteiger partial charge in [-0.05, 0) is 35.0 Å². The van der Waals surface area contributed by atoms with Crippen molar-refractivity contribution in [3.63, 3.8) is 0 Å². The molecule has 7 nitrogen and oxygen atoms in total. The molecule has 0 unspecified atom stereocenters. The molecular formula is C12H12BrN7. The number of halogens is 1. The summed E-state index contributed by atoms with van der Waals surface area (Å²) in [5.41, 5.74) is 8.48. The molecule has 0 amide bonds. The molecule has 0 saturated heterocycles. The molecule has 3 rings (SSSR count). The lowest BCUT2D eigenvalue weighted by molar-refractivity contribution is 0.715. The van der Waals surface area contributed by atoms with E-state index in [0.29, 0.717) is 17.3 Å². The third-order valence-electron chi connectivity index (χ3n) is 3.04. The number of tetrazole rings is 1. The quantitative estimate of drug-likeness (QED) is 0.721. The van der Waals surface area contributed by atoms with Crippen LogP contribution in [0.5, 0.6) is 0 Å². The van der Waals surface area contributed by atoms with Crippen LogP contribution in [0.15, 0.2) is 28.9 Å². The summed E-state index contributed by atoms with van der Waals surface area (Å²) < 4.78 is 4.17. The average molecular weight is 334 g/mol. The Morgan fingerprint density at radius 3 is 2.80 bits per heavy atom. The van der Waals surface area contributed by atoms with Crippen LogP contribution < -0.4 is 5.73 Å². The molecule has 2 aromatic heterocycles. The monoisotopic (exact) mass is 333 g/mol. The Hall–Kier alpha value is -2.22. The van der Waals surface area contributed by atoms with Gasteiger partial charge < -0.3 is 5.73 Å². The molecule has 2 N–H and O–H groups in total. The number of nitrogens with two attached hydrogens (primary N) is 1. The summed E-state index contributed by atoms with van der Waals surface area (Å²) >= 11 is 3.44. The lowest BCUT2D eigenvalue weighted by Crippen LogP contribution is -2.03. The zero-order valence-corrected chi connectivity index (χ0v) is 12.5. The summed E-state index contributed by atoms with van der Waals surface area (Å²) in [7, 11) is 1.84. The third-order valence-corrected chi connectivity index (χ3v) is 3.50. The molecule has 0 fully saturated rings. The van der Waals surface area contributed by atoms with Crippen molar-refractivity contribution in [1.29, 1.82) is 0 Å². The number of aromatic nitrogens is 6. The molecule has 0 radical (unpaired) electrons. The number of nitrogens with zero attached hydrogens (tertiary/aromatic N) is 6. The maximum atomic E-state index is 5.99. The molecule has 8 heteroatoms. The lowest BCUT2D eigenvalue weighted by atomic mass is 10.1. The first-order chi connectivity index (χ1) is 9.56. The molecule has 0 aliphatic heterocycles. The molecule has 1 aromatic carbocycles. The van der Waals surface area contributed by atoms with Crippen LogP contribution in [-0.4, -0.2) is 30.0 Å². The first kappa shape index (κ1) is 12.8. The molecular weight excluding hydrogens is 322 g/mol. The standard InChI is InChI=1S/C12H12BrN7/c1-7-9(5-8(13)6-10(7)14)12-15-17-18-20(12)11-3-4-19(2)16-11/h3-6H,14H2,1-2H3. The third kappa shape index (κ3) is 2.07. The van der Waals surface area contributed by atoms with Crippen LogP contribution in [0.2, 0.25) is 0 Å². The van der Waals surface area contributed by atoms with Crippen molar-refractivity contribution in [2.24, 2.45) is 7.05 Å². The molecule has 102 valence electrons. The maximum Gasteiger partial charge on any atom is 0.189 e. The van der Waals surface area contributed by atoms with Crippen molar-refractivity contribution < 1.29 is 0 Å². The normalized spacial score (nSPS) is 10.9. The van der Waals surface area contributed by atoms with Gasteiger partial charge in [-0.15, -0.1) is 5.10 Å². The zero-order valence-electron chi connectivity index (χ0n) is 10.9. The largest absolute Gasteiger partial charge is 0.398 e. The van der Waals surface area contributed by atoms with Gasteiger partial charge in [0.05, 0.1) is 0 Å². The summed E-state index contributed by atoms with van der Waals surface area (Å²) in [6.07, 6.45) is 1.84. The minimum Gasteiger partial charge on any atom is -0.398 e. The highest BCUT2D eigenvalue weighted by Crippen LogP contribution is 2.30. The van der Waals surface area contributed by atoms with Gasteiger partial charge in [-0.1, -0.05) is 15.9 Å². The molecule has 3 aromatic rings. The van der Waals surface area contributed by atoms with Gasteiger partial charge in [0.1, 0.15) is 0 Å². The highest BCUT2D eigenvalue weighted by Gasteiger charge is 2.16. The van der Waals surface area contributed by atoms with Crippen LogP contribution in [0.25, 0.3) is 17.2 Å². The predicted octanol–water partition coefficient (Wildman–Crippen LogP) is 1.72.